The molecule has 2 fully saturated rings. The summed E-state index contributed by atoms with van der Waals surface area (Å²) in [6.45, 7) is 4.16. The lowest BCUT2D eigenvalue weighted by atomic mass is 10.2. The summed E-state index contributed by atoms with van der Waals surface area (Å²) in [5, 5.41) is 10.8. The van der Waals surface area contributed by atoms with Crippen molar-refractivity contribution in [1.29, 1.82) is 0 Å². The summed E-state index contributed by atoms with van der Waals surface area (Å²) in [6, 6.07) is 4.58. The Kier molecular flexibility index (Phi) is 7.77. The van der Waals surface area contributed by atoms with Gasteiger partial charge in [0.1, 0.15) is 18.2 Å². The summed E-state index contributed by atoms with van der Waals surface area (Å²) in [5.41, 5.74) is 4.69. The Hall–Kier alpha value is -3.71. The highest BCUT2D eigenvalue weighted by molar-refractivity contribution is 5.90. The van der Waals surface area contributed by atoms with E-state index in [1.54, 1.807) is 18.3 Å². The van der Waals surface area contributed by atoms with E-state index in [4.69, 9.17) is 9.26 Å². The Bertz CT molecular complexity index is 1050. The van der Waals surface area contributed by atoms with Gasteiger partial charge in [0.15, 0.2) is 0 Å². The number of benzene rings is 1. The molecule has 2 aliphatic rings. The lowest BCUT2D eigenvalue weighted by Crippen LogP contribution is -2.47. The maximum atomic E-state index is 15.1. The van der Waals surface area contributed by atoms with E-state index in [2.05, 4.69) is 21.2 Å². The molecular weight excluding hydrogens is 461 g/mol. The van der Waals surface area contributed by atoms with Gasteiger partial charge in [-0.25, -0.2) is 14.6 Å². The fourth-order valence-electron chi connectivity index (χ4n) is 3.92. The maximum absolute atomic E-state index is 15.1. The van der Waals surface area contributed by atoms with Crippen LogP contribution in [0.3, 0.4) is 0 Å². The van der Waals surface area contributed by atoms with Crippen molar-refractivity contribution in [2.75, 3.05) is 55.6 Å². The van der Waals surface area contributed by atoms with Crippen LogP contribution in [0.1, 0.15) is 12.5 Å². The van der Waals surface area contributed by atoms with E-state index >= 15 is 4.39 Å². The van der Waals surface area contributed by atoms with Gasteiger partial charge in [-0.3, -0.25) is 19.5 Å². The smallest absolute Gasteiger partial charge is 0.414 e. The summed E-state index contributed by atoms with van der Waals surface area (Å²) in [6.07, 6.45) is 2.00. The summed E-state index contributed by atoms with van der Waals surface area (Å²) in [7, 11) is 0. The van der Waals surface area contributed by atoms with E-state index in [0.29, 0.717) is 44.1 Å². The van der Waals surface area contributed by atoms with Crippen LogP contribution >= 0.6 is 0 Å². The molecule has 1 aromatic heterocycles. The van der Waals surface area contributed by atoms with E-state index in [9.17, 15) is 14.4 Å². The molecule has 0 aliphatic carbocycles. The number of carbonyl (C=O) groups is 3. The van der Waals surface area contributed by atoms with Gasteiger partial charge in [0, 0.05) is 38.7 Å². The van der Waals surface area contributed by atoms with E-state index in [-0.39, 0.29) is 31.4 Å². The lowest BCUT2D eigenvalue weighted by molar-refractivity contribution is -0.133. The molecule has 13 heteroatoms. The molecule has 12 nitrogen and oxygen atoms in total. The third-order valence-electron chi connectivity index (χ3n) is 5.70. The molecule has 3 N–H and O–H groups in total. The number of hydrazine groups is 1. The van der Waals surface area contributed by atoms with Crippen molar-refractivity contribution in [3.05, 3.63) is 42.0 Å². The molecule has 0 bridgehead atoms. The third kappa shape index (κ3) is 6.25. The van der Waals surface area contributed by atoms with E-state index in [1.807, 2.05) is 4.90 Å². The molecule has 1 atom stereocenters. The first-order valence-electron chi connectivity index (χ1n) is 11.3. The molecule has 2 aliphatic heterocycles. The number of nitrogens with one attached hydrogen (secondary N) is 3. The zero-order chi connectivity index (χ0) is 24.8. The molecule has 3 heterocycles. The quantitative estimate of drug-likeness (QED) is 0.476. The second kappa shape index (κ2) is 11.1. The van der Waals surface area contributed by atoms with Crippen LogP contribution < -0.4 is 25.9 Å². The zero-order valence-corrected chi connectivity index (χ0v) is 19.3. The van der Waals surface area contributed by atoms with E-state index in [1.165, 1.54) is 29.2 Å². The van der Waals surface area contributed by atoms with Gasteiger partial charge >= 0.3 is 6.09 Å². The lowest BCUT2D eigenvalue weighted by Gasteiger charge is -2.24. The van der Waals surface area contributed by atoms with Gasteiger partial charge in [-0.05, 0) is 18.2 Å². The number of nitrogens with zero attached hydrogens (tertiary/aromatic N) is 4. The van der Waals surface area contributed by atoms with Gasteiger partial charge in [-0.15, -0.1) is 0 Å². The predicted octanol–water partition coefficient (Wildman–Crippen LogP) is 0.218. The number of rotatable bonds is 8. The molecule has 2 aromatic rings. The Labute approximate surface area is 201 Å². The second-order valence-corrected chi connectivity index (χ2v) is 8.27. The molecule has 0 radical (unpaired) electrons. The number of carbonyl (C=O) groups excluding carboxylic acids is 3. The number of cyclic esters (lactones) is 1. The summed E-state index contributed by atoms with van der Waals surface area (Å²) >= 11 is 0. The van der Waals surface area contributed by atoms with Crippen molar-refractivity contribution in [3.8, 4) is 0 Å². The minimum Gasteiger partial charge on any atom is -0.442 e. The normalized spacial score (nSPS) is 18.4. The highest BCUT2D eigenvalue weighted by Crippen LogP contribution is 2.28. The number of halogens is 1. The predicted molar refractivity (Wildman–Crippen MR) is 123 cm³/mol. The Morgan fingerprint density at radius 1 is 1.29 bits per heavy atom. The number of amides is 3. The Balaban J connectivity index is 1.31. The first kappa shape index (κ1) is 24.4. The maximum Gasteiger partial charge on any atom is 0.414 e. The first-order chi connectivity index (χ1) is 16.9. The number of ether oxygens (including phenoxy) is 1. The highest BCUT2D eigenvalue weighted by Gasteiger charge is 2.33. The highest BCUT2D eigenvalue weighted by atomic mass is 19.1. The van der Waals surface area contributed by atoms with Crippen LogP contribution in [0.25, 0.3) is 0 Å². The van der Waals surface area contributed by atoms with Crippen LogP contribution in [0, 0.1) is 5.82 Å². The largest absolute Gasteiger partial charge is 0.442 e. The molecule has 1 aromatic carbocycles. The molecule has 2 saturated heterocycles. The summed E-state index contributed by atoms with van der Waals surface area (Å²) < 4.78 is 25.1. The molecular formula is C22H28FN7O5. The number of hydrogen-bond donors (Lipinski definition) is 3. The van der Waals surface area contributed by atoms with Crippen molar-refractivity contribution in [2.45, 2.75) is 19.6 Å². The van der Waals surface area contributed by atoms with Crippen LogP contribution in [-0.4, -0.2) is 80.0 Å². The van der Waals surface area contributed by atoms with Gasteiger partial charge in [-0.2, -0.15) is 0 Å². The zero-order valence-electron chi connectivity index (χ0n) is 19.3. The fraction of sp³-hybridized carbons (Fsp3) is 0.455. The van der Waals surface area contributed by atoms with Crippen LogP contribution in [0.15, 0.2) is 35.2 Å². The van der Waals surface area contributed by atoms with Gasteiger partial charge in [0.05, 0.1) is 43.8 Å². The average Bonchev–Trinajstić information content (AvgIpc) is 3.40. The van der Waals surface area contributed by atoms with Gasteiger partial charge in [0.25, 0.3) is 5.91 Å². The average molecular weight is 490 g/mol. The van der Waals surface area contributed by atoms with E-state index < -0.39 is 18.0 Å². The minimum atomic E-state index is -0.585. The summed E-state index contributed by atoms with van der Waals surface area (Å²) in [5.74, 6) is -0.818. The van der Waals surface area contributed by atoms with Crippen molar-refractivity contribution < 1.29 is 28.0 Å². The Morgan fingerprint density at radius 2 is 2.14 bits per heavy atom. The topological polar surface area (TPSA) is 132 Å². The molecule has 188 valence electrons. The van der Waals surface area contributed by atoms with E-state index in [0.717, 1.165) is 5.56 Å². The Morgan fingerprint density at radius 3 is 2.89 bits per heavy atom. The van der Waals surface area contributed by atoms with Gasteiger partial charge < -0.3 is 24.8 Å². The van der Waals surface area contributed by atoms with Crippen molar-refractivity contribution in [2.24, 2.45) is 0 Å². The molecule has 0 spiro atoms. The van der Waals surface area contributed by atoms with Crippen molar-refractivity contribution in [1.82, 2.24) is 26.2 Å². The van der Waals surface area contributed by atoms with Crippen LogP contribution in [0.4, 0.5) is 20.6 Å². The molecule has 0 unspecified atom stereocenters. The molecule has 0 saturated carbocycles. The van der Waals surface area contributed by atoms with Crippen LogP contribution in [0.2, 0.25) is 0 Å². The number of hydrogen-bond acceptors (Lipinski definition) is 9. The van der Waals surface area contributed by atoms with Crippen LogP contribution in [-0.2, 0) is 20.9 Å². The van der Waals surface area contributed by atoms with Crippen molar-refractivity contribution >= 4 is 29.3 Å². The molecule has 4 rings (SSSR count). The van der Waals surface area contributed by atoms with Crippen molar-refractivity contribution in [3.63, 3.8) is 0 Å². The molecule has 35 heavy (non-hydrogen) atoms. The fourth-order valence-corrected chi connectivity index (χ4v) is 3.92. The number of aromatic nitrogens is 1. The van der Waals surface area contributed by atoms with Crippen LogP contribution in [0.5, 0.6) is 0 Å². The monoisotopic (exact) mass is 489 g/mol. The first-order valence-corrected chi connectivity index (χ1v) is 11.3. The minimum absolute atomic E-state index is 0.125. The number of anilines is 2. The SMILES string of the molecule is CC(=O)NC[C@H]1CN(c2ccc(N3CCNN(C(=O)CNCc4cnoc4)CC3)c(F)c2)C(=O)O1. The second-order valence-electron chi connectivity index (χ2n) is 8.27. The van der Waals surface area contributed by atoms with Gasteiger partial charge in [-0.1, -0.05) is 5.16 Å². The van der Waals surface area contributed by atoms with Gasteiger partial charge in [0.2, 0.25) is 5.91 Å². The third-order valence-corrected chi connectivity index (χ3v) is 5.70. The summed E-state index contributed by atoms with van der Waals surface area (Å²) in [4.78, 5) is 39.0. The standard InChI is InChI=1S/C22H28FN7O5/c1-15(31)25-11-18-13-29(22(33)35-18)17-2-3-20(19(23)8-17)28-5-4-26-30(7-6-28)21(32)12-24-9-16-10-27-34-14-16/h2-3,8,10,14,18,24,26H,4-7,9,11-13H2,1H3,(H,25,31)/t18-/m0/s1. The molecule has 3 amide bonds.